The Morgan fingerprint density at radius 3 is 2.71 bits per heavy atom. The van der Waals surface area contributed by atoms with E-state index in [4.69, 9.17) is 0 Å². The molecule has 0 spiro atoms. The Labute approximate surface area is 143 Å². The number of nitrogens with zero attached hydrogens (tertiary/aromatic N) is 1. The maximum atomic E-state index is 12.6. The molecule has 128 valence electrons. The quantitative estimate of drug-likeness (QED) is 0.842. The normalized spacial score (nSPS) is 20.9. The van der Waals surface area contributed by atoms with Crippen molar-refractivity contribution in [1.29, 1.82) is 0 Å². The highest BCUT2D eigenvalue weighted by molar-refractivity contribution is 6.03. The second kappa shape index (κ2) is 7.65. The van der Waals surface area contributed by atoms with Gasteiger partial charge < -0.3 is 5.32 Å². The first-order valence-electron chi connectivity index (χ1n) is 8.99. The van der Waals surface area contributed by atoms with E-state index in [-0.39, 0.29) is 17.9 Å². The molecule has 2 aliphatic rings. The smallest absolute Gasteiger partial charge is 0.243 e. The van der Waals surface area contributed by atoms with Crippen LogP contribution in [0.25, 0.3) is 0 Å². The molecule has 1 unspecified atom stereocenters. The van der Waals surface area contributed by atoms with Crippen LogP contribution in [0.3, 0.4) is 0 Å². The van der Waals surface area contributed by atoms with Gasteiger partial charge in [0.1, 0.15) is 6.04 Å². The molecule has 2 amide bonds. The van der Waals surface area contributed by atoms with E-state index >= 15 is 0 Å². The predicted molar refractivity (Wildman–Crippen MR) is 95.9 cm³/mol. The van der Waals surface area contributed by atoms with Gasteiger partial charge in [0.05, 0.1) is 0 Å². The Hall–Kier alpha value is -2.10. The standard InChI is InChI=1S/C20H26N2O2/c1-15-7-9-17(10-8-15)22-18(11-12-19(22)23)20(24)21-14-13-16-5-3-2-4-6-16/h5,7-10,18H,2-4,6,11-14H2,1H3,(H,21,24). The number of benzene rings is 1. The van der Waals surface area contributed by atoms with Crippen LogP contribution < -0.4 is 10.2 Å². The average molecular weight is 326 g/mol. The van der Waals surface area contributed by atoms with E-state index in [9.17, 15) is 9.59 Å². The van der Waals surface area contributed by atoms with Crippen LogP contribution in [-0.2, 0) is 9.59 Å². The highest BCUT2D eigenvalue weighted by atomic mass is 16.2. The molecule has 4 heteroatoms. The molecule has 1 atom stereocenters. The number of rotatable bonds is 5. The molecule has 24 heavy (non-hydrogen) atoms. The predicted octanol–water partition coefficient (Wildman–Crippen LogP) is 3.50. The highest BCUT2D eigenvalue weighted by Gasteiger charge is 2.36. The SMILES string of the molecule is Cc1ccc(N2C(=O)CCC2C(=O)NCCC2=CCCCC2)cc1. The zero-order chi connectivity index (χ0) is 16.9. The average Bonchev–Trinajstić information content (AvgIpc) is 2.98. The minimum absolute atomic E-state index is 0.0298. The molecule has 0 saturated carbocycles. The van der Waals surface area contributed by atoms with E-state index in [0.29, 0.717) is 19.4 Å². The molecule has 3 rings (SSSR count). The van der Waals surface area contributed by atoms with Crippen molar-refractivity contribution in [1.82, 2.24) is 5.32 Å². The number of nitrogens with one attached hydrogen (secondary N) is 1. The molecular weight excluding hydrogens is 300 g/mol. The van der Waals surface area contributed by atoms with Gasteiger partial charge in [-0.2, -0.15) is 0 Å². The van der Waals surface area contributed by atoms with Gasteiger partial charge in [0.15, 0.2) is 0 Å². The number of aryl methyl sites for hydroxylation is 1. The summed E-state index contributed by atoms with van der Waals surface area (Å²) in [6.45, 7) is 2.68. The summed E-state index contributed by atoms with van der Waals surface area (Å²) >= 11 is 0. The molecule has 1 N–H and O–H groups in total. The van der Waals surface area contributed by atoms with E-state index in [1.165, 1.54) is 24.8 Å². The van der Waals surface area contributed by atoms with Gasteiger partial charge in [0.25, 0.3) is 0 Å². The van der Waals surface area contributed by atoms with Crippen molar-refractivity contribution in [3.05, 3.63) is 41.5 Å². The van der Waals surface area contributed by atoms with Crippen LogP contribution in [0, 0.1) is 6.92 Å². The van der Waals surface area contributed by atoms with Crippen LogP contribution in [0.2, 0.25) is 0 Å². The van der Waals surface area contributed by atoms with Crippen LogP contribution in [0.4, 0.5) is 5.69 Å². The lowest BCUT2D eigenvalue weighted by Gasteiger charge is -2.24. The minimum atomic E-state index is -0.374. The van der Waals surface area contributed by atoms with Crippen LogP contribution in [0.15, 0.2) is 35.9 Å². The lowest BCUT2D eigenvalue weighted by Crippen LogP contribution is -2.45. The van der Waals surface area contributed by atoms with Gasteiger partial charge in [0.2, 0.25) is 11.8 Å². The second-order valence-electron chi connectivity index (χ2n) is 6.80. The number of hydrogen-bond acceptors (Lipinski definition) is 2. The van der Waals surface area contributed by atoms with Crippen molar-refractivity contribution < 1.29 is 9.59 Å². The summed E-state index contributed by atoms with van der Waals surface area (Å²) < 4.78 is 0. The lowest BCUT2D eigenvalue weighted by molar-refractivity contribution is -0.123. The summed E-state index contributed by atoms with van der Waals surface area (Å²) in [5, 5.41) is 3.03. The molecule has 1 aliphatic heterocycles. The number of carbonyl (C=O) groups excluding carboxylic acids is 2. The van der Waals surface area contributed by atoms with Gasteiger partial charge in [-0.15, -0.1) is 0 Å². The fourth-order valence-electron chi connectivity index (χ4n) is 3.56. The minimum Gasteiger partial charge on any atom is -0.354 e. The zero-order valence-electron chi connectivity index (χ0n) is 14.4. The molecule has 1 aromatic carbocycles. The highest BCUT2D eigenvalue weighted by Crippen LogP contribution is 2.27. The van der Waals surface area contributed by atoms with Gasteiger partial charge >= 0.3 is 0 Å². The van der Waals surface area contributed by atoms with Crippen LogP contribution in [0.1, 0.15) is 50.5 Å². The first-order chi connectivity index (χ1) is 11.6. The number of carbonyl (C=O) groups is 2. The molecular formula is C20H26N2O2. The summed E-state index contributed by atoms with van der Waals surface area (Å²) in [7, 11) is 0. The fourth-order valence-corrected chi connectivity index (χ4v) is 3.56. The topological polar surface area (TPSA) is 49.4 Å². The number of hydrogen-bond donors (Lipinski definition) is 1. The Balaban J connectivity index is 1.59. The maximum absolute atomic E-state index is 12.6. The molecule has 0 aromatic heterocycles. The van der Waals surface area contributed by atoms with Gasteiger partial charge in [0, 0.05) is 18.7 Å². The fraction of sp³-hybridized carbons (Fsp3) is 0.500. The lowest BCUT2D eigenvalue weighted by atomic mass is 9.97. The summed E-state index contributed by atoms with van der Waals surface area (Å²) in [4.78, 5) is 26.5. The third-order valence-electron chi connectivity index (χ3n) is 4.96. The summed E-state index contributed by atoms with van der Waals surface area (Å²) in [5.74, 6) is 0.00632. The summed E-state index contributed by atoms with van der Waals surface area (Å²) in [6, 6.07) is 7.43. The van der Waals surface area contributed by atoms with Crippen LogP contribution >= 0.6 is 0 Å². The number of allylic oxidation sites excluding steroid dienone is 1. The molecule has 1 aliphatic carbocycles. The van der Waals surface area contributed by atoms with Crippen molar-refractivity contribution in [2.24, 2.45) is 0 Å². The van der Waals surface area contributed by atoms with Crippen molar-refractivity contribution in [3.8, 4) is 0 Å². The van der Waals surface area contributed by atoms with Gasteiger partial charge in [-0.05, 0) is 57.6 Å². The first kappa shape index (κ1) is 16.7. The molecule has 1 aromatic rings. The molecule has 1 fully saturated rings. The molecule has 1 heterocycles. The largest absolute Gasteiger partial charge is 0.354 e. The van der Waals surface area contributed by atoms with Crippen molar-refractivity contribution in [2.75, 3.05) is 11.4 Å². The molecule has 0 radical (unpaired) electrons. The summed E-state index contributed by atoms with van der Waals surface area (Å²) in [6.07, 6.45) is 9.15. The van der Waals surface area contributed by atoms with Gasteiger partial charge in [-0.1, -0.05) is 29.3 Å². The van der Waals surface area contributed by atoms with Crippen LogP contribution in [-0.4, -0.2) is 24.4 Å². The van der Waals surface area contributed by atoms with E-state index in [2.05, 4.69) is 11.4 Å². The van der Waals surface area contributed by atoms with E-state index < -0.39 is 0 Å². The number of amides is 2. The third kappa shape index (κ3) is 3.86. The zero-order valence-corrected chi connectivity index (χ0v) is 14.4. The van der Waals surface area contributed by atoms with E-state index in [0.717, 1.165) is 24.1 Å². The molecule has 0 bridgehead atoms. The summed E-state index contributed by atoms with van der Waals surface area (Å²) in [5.41, 5.74) is 3.42. The van der Waals surface area contributed by atoms with E-state index in [1.54, 1.807) is 4.90 Å². The Kier molecular flexibility index (Phi) is 5.34. The Morgan fingerprint density at radius 1 is 1.21 bits per heavy atom. The first-order valence-corrected chi connectivity index (χ1v) is 8.99. The van der Waals surface area contributed by atoms with Crippen molar-refractivity contribution >= 4 is 17.5 Å². The Bertz CT molecular complexity index is 634. The van der Waals surface area contributed by atoms with E-state index in [1.807, 2.05) is 31.2 Å². The monoisotopic (exact) mass is 326 g/mol. The number of anilines is 1. The molecule has 1 saturated heterocycles. The van der Waals surface area contributed by atoms with Crippen molar-refractivity contribution in [2.45, 2.75) is 57.9 Å². The molecule has 4 nitrogen and oxygen atoms in total. The maximum Gasteiger partial charge on any atom is 0.243 e. The van der Waals surface area contributed by atoms with Crippen LogP contribution in [0.5, 0.6) is 0 Å². The second-order valence-corrected chi connectivity index (χ2v) is 6.80. The van der Waals surface area contributed by atoms with Crippen molar-refractivity contribution in [3.63, 3.8) is 0 Å². The van der Waals surface area contributed by atoms with Gasteiger partial charge in [-0.3, -0.25) is 14.5 Å². The third-order valence-corrected chi connectivity index (χ3v) is 4.96. The van der Waals surface area contributed by atoms with Gasteiger partial charge in [-0.25, -0.2) is 0 Å². The Morgan fingerprint density at radius 2 is 2.00 bits per heavy atom.